The van der Waals surface area contributed by atoms with Crippen molar-refractivity contribution in [3.05, 3.63) is 93.2 Å². The number of anilines is 1. The fourth-order valence-corrected chi connectivity index (χ4v) is 5.33. The number of pyridine rings is 1. The topological polar surface area (TPSA) is 110 Å². The van der Waals surface area contributed by atoms with Crippen molar-refractivity contribution < 1.29 is 19.4 Å². The highest BCUT2D eigenvalue weighted by Gasteiger charge is 2.25. The predicted octanol–water partition coefficient (Wildman–Crippen LogP) is 4.79. The number of carbonyl (C=O) groups is 1. The van der Waals surface area contributed by atoms with Gasteiger partial charge in [-0.1, -0.05) is 12.1 Å². The molecule has 208 valence electrons. The largest absolute Gasteiger partial charge is 0.507 e. The zero-order valence-corrected chi connectivity index (χ0v) is 23.2. The van der Waals surface area contributed by atoms with Crippen LogP contribution >= 0.6 is 0 Å². The van der Waals surface area contributed by atoms with E-state index in [9.17, 15) is 14.7 Å². The van der Waals surface area contributed by atoms with Gasteiger partial charge in [0.05, 0.1) is 25.1 Å². The maximum absolute atomic E-state index is 13.5. The average Bonchev–Trinajstić information content (AvgIpc) is 3.36. The first-order valence-corrected chi connectivity index (χ1v) is 13.3. The van der Waals surface area contributed by atoms with Crippen molar-refractivity contribution in [2.24, 2.45) is 0 Å². The van der Waals surface area contributed by atoms with Crippen molar-refractivity contribution in [3.63, 3.8) is 0 Å². The number of phenolic OH excluding ortho intramolecular Hbond substituents is 1. The van der Waals surface area contributed by atoms with Crippen LogP contribution in [0.3, 0.4) is 0 Å². The van der Waals surface area contributed by atoms with E-state index in [0.717, 1.165) is 29.8 Å². The van der Waals surface area contributed by atoms with E-state index in [1.165, 1.54) is 0 Å². The highest BCUT2D eigenvalue weighted by atomic mass is 16.5. The number of aryl methyl sites for hydroxylation is 2. The number of hydrogen-bond acceptors (Lipinski definition) is 7. The number of hydrogen-bond donors (Lipinski definition) is 2. The summed E-state index contributed by atoms with van der Waals surface area (Å²) < 4.78 is 12.4. The summed E-state index contributed by atoms with van der Waals surface area (Å²) in [6.07, 6.45) is 3.39. The van der Waals surface area contributed by atoms with Gasteiger partial charge in [0.2, 0.25) is 0 Å². The lowest BCUT2D eigenvalue weighted by Crippen LogP contribution is -2.37. The number of nitrogens with zero attached hydrogens (tertiary/aromatic N) is 3. The van der Waals surface area contributed by atoms with E-state index in [1.54, 1.807) is 50.8 Å². The molecule has 1 saturated heterocycles. The standard InChI is InChI=1S/C31H34N4O5/c1-19-12-22(13-20(2)29(19)36)30(37)23-14-24(18-39-3)32-28(16-23)34-10-8-25(9-11-34)35-17-27(33-31(35)38)21-6-5-7-26(15-21)40-4/h5-7,12-17,25,36H,8-11,18H2,1-4H3,(H,33,38). The van der Waals surface area contributed by atoms with Crippen molar-refractivity contribution in [1.82, 2.24) is 14.5 Å². The van der Waals surface area contributed by atoms with Crippen LogP contribution in [-0.4, -0.2) is 52.7 Å². The number of aromatic nitrogens is 3. The number of imidazole rings is 1. The van der Waals surface area contributed by atoms with Gasteiger partial charge in [0.15, 0.2) is 5.78 Å². The SMILES string of the molecule is COCc1cc(C(=O)c2cc(C)c(O)c(C)c2)cc(N2CCC(n3cc(-c4cccc(OC)c4)[nH]c3=O)CC2)n1. The van der Waals surface area contributed by atoms with Crippen LogP contribution in [0.5, 0.6) is 11.5 Å². The second-order valence-corrected chi connectivity index (χ2v) is 10.3. The number of carbonyl (C=O) groups excluding carboxylic acids is 1. The molecule has 2 aromatic carbocycles. The first kappa shape index (κ1) is 27.2. The molecule has 2 N–H and O–H groups in total. The molecule has 40 heavy (non-hydrogen) atoms. The van der Waals surface area contributed by atoms with Crippen LogP contribution in [0.25, 0.3) is 11.3 Å². The second-order valence-electron chi connectivity index (χ2n) is 10.3. The lowest BCUT2D eigenvalue weighted by atomic mass is 9.98. The second kappa shape index (κ2) is 11.4. The van der Waals surface area contributed by atoms with Crippen LogP contribution < -0.4 is 15.3 Å². The van der Waals surface area contributed by atoms with E-state index in [-0.39, 0.29) is 29.9 Å². The van der Waals surface area contributed by atoms with Gasteiger partial charge in [-0.25, -0.2) is 9.78 Å². The molecule has 1 aliphatic rings. The molecular formula is C31H34N4O5. The number of benzene rings is 2. The molecule has 0 radical (unpaired) electrons. The van der Waals surface area contributed by atoms with Crippen molar-refractivity contribution >= 4 is 11.6 Å². The number of rotatable bonds is 8. The van der Waals surface area contributed by atoms with E-state index < -0.39 is 0 Å². The van der Waals surface area contributed by atoms with Crippen LogP contribution in [0.4, 0.5) is 5.82 Å². The lowest BCUT2D eigenvalue weighted by Gasteiger charge is -2.33. The summed E-state index contributed by atoms with van der Waals surface area (Å²) in [6.45, 7) is 5.22. The lowest BCUT2D eigenvalue weighted by molar-refractivity contribution is 0.103. The Balaban J connectivity index is 1.36. The first-order chi connectivity index (χ1) is 19.3. The first-order valence-electron chi connectivity index (χ1n) is 13.3. The van der Waals surface area contributed by atoms with Gasteiger partial charge in [0.25, 0.3) is 0 Å². The minimum Gasteiger partial charge on any atom is -0.507 e. The summed E-state index contributed by atoms with van der Waals surface area (Å²) in [5, 5.41) is 10.1. The summed E-state index contributed by atoms with van der Waals surface area (Å²) >= 11 is 0. The summed E-state index contributed by atoms with van der Waals surface area (Å²) in [5.74, 6) is 1.51. The quantitative estimate of drug-likeness (QED) is 0.308. The Hall–Kier alpha value is -4.37. The average molecular weight is 543 g/mol. The Kier molecular flexibility index (Phi) is 7.75. The van der Waals surface area contributed by atoms with Crippen LogP contribution in [0.1, 0.15) is 51.6 Å². The van der Waals surface area contributed by atoms with Crippen LogP contribution in [-0.2, 0) is 11.3 Å². The molecule has 0 spiro atoms. The van der Waals surface area contributed by atoms with Crippen molar-refractivity contribution in [3.8, 4) is 22.8 Å². The van der Waals surface area contributed by atoms with Crippen LogP contribution in [0, 0.1) is 13.8 Å². The van der Waals surface area contributed by atoms with Gasteiger partial charge in [0.1, 0.15) is 17.3 Å². The summed E-state index contributed by atoms with van der Waals surface area (Å²) in [7, 11) is 3.22. The minimum absolute atomic E-state index is 0.0468. The number of nitrogens with one attached hydrogen (secondary N) is 1. The van der Waals surface area contributed by atoms with Crippen molar-refractivity contribution in [2.45, 2.75) is 39.3 Å². The number of methoxy groups -OCH3 is 2. The highest BCUT2D eigenvalue weighted by molar-refractivity contribution is 6.09. The Morgan fingerprint density at radius 3 is 2.42 bits per heavy atom. The molecule has 5 rings (SSSR count). The molecule has 0 saturated carbocycles. The molecule has 4 aromatic rings. The van der Waals surface area contributed by atoms with Crippen molar-refractivity contribution in [2.75, 3.05) is 32.2 Å². The third-order valence-electron chi connectivity index (χ3n) is 7.48. The van der Waals surface area contributed by atoms with Gasteiger partial charge in [-0.3, -0.25) is 9.36 Å². The summed E-state index contributed by atoms with van der Waals surface area (Å²) in [4.78, 5) is 36.2. The maximum Gasteiger partial charge on any atom is 0.326 e. The van der Waals surface area contributed by atoms with Crippen molar-refractivity contribution in [1.29, 1.82) is 0 Å². The number of H-pyrrole nitrogens is 1. The molecule has 0 aliphatic carbocycles. The van der Waals surface area contributed by atoms with E-state index in [2.05, 4.69) is 9.88 Å². The predicted molar refractivity (Wildman–Crippen MR) is 153 cm³/mol. The Morgan fingerprint density at radius 2 is 1.75 bits per heavy atom. The minimum atomic E-state index is -0.135. The molecule has 0 amide bonds. The van der Waals surface area contributed by atoms with E-state index in [1.807, 2.05) is 36.5 Å². The third-order valence-corrected chi connectivity index (χ3v) is 7.48. The van der Waals surface area contributed by atoms with E-state index >= 15 is 0 Å². The number of ether oxygens (including phenoxy) is 2. The molecule has 9 heteroatoms. The number of aromatic amines is 1. The molecular weight excluding hydrogens is 508 g/mol. The van der Waals surface area contributed by atoms with Gasteiger partial charge in [-0.05, 0) is 74.2 Å². The summed E-state index contributed by atoms with van der Waals surface area (Å²) in [5.41, 5.74) is 4.54. The number of aromatic hydroxyl groups is 1. The molecule has 3 heterocycles. The van der Waals surface area contributed by atoms with Crippen LogP contribution in [0.15, 0.2) is 59.5 Å². The van der Waals surface area contributed by atoms with Gasteiger partial charge >= 0.3 is 5.69 Å². The zero-order chi connectivity index (χ0) is 28.4. The van der Waals surface area contributed by atoms with Gasteiger partial charge in [-0.2, -0.15) is 0 Å². The van der Waals surface area contributed by atoms with Crippen LogP contribution in [0.2, 0.25) is 0 Å². The number of piperidine rings is 1. The Morgan fingerprint density at radius 1 is 1.05 bits per heavy atom. The molecule has 0 bridgehead atoms. The number of ketones is 1. The fraction of sp³-hybridized carbons (Fsp3) is 0.323. The van der Waals surface area contributed by atoms with Gasteiger partial charge in [0, 0.05) is 49.1 Å². The highest BCUT2D eigenvalue weighted by Crippen LogP contribution is 2.29. The molecule has 1 fully saturated rings. The molecule has 0 unspecified atom stereocenters. The Labute approximate surface area is 233 Å². The zero-order valence-electron chi connectivity index (χ0n) is 23.2. The van der Waals surface area contributed by atoms with E-state index in [0.29, 0.717) is 46.9 Å². The molecule has 2 aromatic heterocycles. The number of phenols is 1. The smallest absolute Gasteiger partial charge is 0.326 e. The molecule has 1 aliphatic heterocycles. The normalized spacial score (nSPS) is 13.9. The van der Waals surface area contributed by atoms with Gasteiger partial charge < -0.3 is 24.5 Å². The monoisotopic (exact) mass is 542 g/mol. The fourth-order valence-electron chi connectivity index (χ4n) is 5.33. The summed E-state index contributed by atoms with van der Waals surface area (Å²) in [6, 6.07) is 14.7. The van der Waals surface area contributed by atoms with Gasteiger partial charge in [-0.15, -0.1) is 0 Å². The Bertz CT molecular complexity index is 1570. The molecule has 0 atom stereocenters. The third kappa shape index (κ3) is 5.51. The van der Waals surface area contributed by atoms with E-state index in [4.69, 9.17) is 14.5 Å². The molecule has 9 nitrogen and oxygen atoms in total. The maximum atomic E-state index is 13.5.